The predicted molar refractivity (Wildman–Crippen MR) is 85.7 cm³/mol. The van der Waals surface area contributed by atoms with E-state index in [1.807, 2.05) is 6.07 Å². The van der Waals surface area contributed by atoms with Crippen molar-refractivity contribution in [1.29, 1.82) is 0 Å². The molecule has 21 heavy (non-hydrogen) atoms. The predicted octanol–water partition coefficient (Wildman–Crippen LogP) is 3.76. The van der Waals surface area contributed by atoms with Crippen molar-refractivity contribution in [2.45, 2.75) is 13.0 Å². The van der Waals surface area contributed by atoms with Crippen molar-refractivity contribution >= 4 is 27.5 Å². The third kappa shape index (κ3) is 3.83. The Labute approximate surface area is 131 Å². The molecule has 0 aliphatic carbocycles. The lowest BCUT2D eigenvalue weighted by Crippen LogP contribution is -2.13. The number of aliphatic hydroxyl groups is 1. The van der Waals surface area contributed by atoms with Crippen LogP contribution >= 0.6 is 15.9 Å². The van der Waals surface area contributed by atoms with Crippen LogP contribution in [0.2, 0.25) is 0 Å². The lowest BCUT2D eigenvalue weighted by atomic mass is 10.1. The summed E-state index contributed by atoms with van der Waals surface area (Å²) in [6.45, 7) is 1.68. The van der Waals surface area contributed by atoms with E-state index in [0.717, 1.165) is 10.0 Å². The van der Waals surface area contributed by atoms with Gasteiger partial charge in [0.2, 0.25) is 0 Å². The topological polar surface area (TPSA) is 58.6 Å². The highest BCUT2D eigenvalue weighted by Gasteiger charge is 2.13. The van der Waals surface area contributed by atoms with E-state index >= 15 is 0 Å². The first-order valence-electron chi connectivity index (χ1n) is 6.44. The number of carbonyl (C=O) groups is 1. The molecule has 0 unspecified atom stereocenters. The average molecular weight is 350 g/mol. The van der Waals surface area contributed by atoms with E-state index in [4.69, 9.17) is 4.74 Å². The van der Waals surface area contributed by atoms with Gasteiger partial charge in [-0.05, 0) is 42.8 Å². The molecule has 0 heterocycles. The molecule has 110 valence electrons. The molecule has 0 saturated heterocycles. The molecule has 2 N–H and O–H groups in total. The first kappa shape index (κ1) is 15.5. The monoisotopic (exact) mass is 349 g/mol. The number of ether oxygens (including phenoxy) is 1. The van der Waals surface area contributed by atoms with Gasteiger partial charge in [-0.15, -0.1) is 0 Å². The van der Waals surface area contributed by atoms with Crippen LogP contribution in [0.3, 0.4) is 0 Å². The fourth-order valence-corrected chi connectivity index (χ4v) is 2.29. The van der Waals surface area contributed by atoms with Crippen LogP contribution in [0.15, 0.2) is 46.9 Å². The highest BCUT2D eigenvalue weighted by Crippen LogP contribution is 2.24. The summed E-state index contributed by atoms with van der Waals surface area (Å²) >= 11 is 3.34. The number of hydrogen-bond donors (Lipinski definition) is 2. The summed E-state index contributed by atoms with van der Waals surface area (Å²) in [7, 11) is 1.52. The number of hydrogen-bond acceptors (Lipinski definition) is 3. The molecule has 0 aliphatic rings. The zero-order valence-electron chi connectivity index (χ0n) is 11.8. The van der Waals surface area contributed by atoms with Crippen molar-refractivity contribution in [3.05, 3.63) is 58.1 Å². The minimum Gasteiger partial charge on any atom is -0.496 e. The van der Waals surface area contributed by atoms with Gasteiger partial charge in [-0.3, -0.25) is 4.79 Å². The molecular weight excluding hydrogens is 334 g/mol. The van der Waals surface area contributed by atoms with Crippen molar-refractivity contribution in [3.8, 4) is 5.75 Å². The quantitative estimate of drug-likeness (QED) is 0.883. The molecule has 4 nitrogen and oxygen atoms in total. The van der Waals surface area contributed by atoms with Gasteiger partial charge in [0.1, 0.15) is 5.75 Å². The largest absolute Gasteiger partial charge is 0.496 e. The standard InChI is InChI=1S/C16H16BrNO3/c1-10(19)11-4-3-5-13(8-11)18-16(20)14-9-12(17)6-7-15(14)21-2/h3-10,19H,1-2H3,(H,18,20)/t10-/m1/s1. The molecule has 0 spiro atoms. The Morgan fingerprint density at radius 1 is 1.29 bits per heavy atom. The van der Waals surface area contributed by atoms with Crippen LogP contribution in [0.5, 0.6) is 5.75 Å². The van der Waals surface area contributed by atoms with E-state index in [1.165, 1.54) is 7.11 Å². The van der Waals surface area contributed by atoms with Gasteiger partial charge in [0.15, 0.2) is 0 Å². The molecule has 1 amide bonds. The number of nitrogens with one attached hydrogen (secondary N) is 1. The minimum atomic E-state index is -0.581. The van der Waals surface area contributed by atoms with Crippen LogP contribution in [-0.2, 0) is 0 Å². The second-order valence-electron chi connectivity index (χ2n) is 4.60. The van der Waals surface area contributed by atoms with E-state index < -0.39 is 6.10 Å². The van der Waals surface area contributed by atoms with Crippen molar-refractivity contribution < 1.29 is 14.6 Å². The Bertz CT molecular complexity index is 656. The summed E-state index contributed by atoms with van der Waals surface area (Å²) in [6.07, 6.45) is -0.581. The first-order valence-corrected chi connectivity index (χ1v) is 7.23. The van der Waals surface area contributed by atoms with Crippen LogP contribution < -0.4 is 10.1 Å². The van der Waals surface area contributed by atoms with Crippen molar-refractivity contribution in [3.63, 3.8) is 0 Å². The van der Waals surface area contributed by atoms with Crippen molar-refractivity contribution in [1.82, 2.24) is 0 Å². The minimum absolute atomic E-state index is 0.268. The lowest BCUT2D eigenvalue weighted by Gasteiger charge is -2.11. The molecule has 0 saturated carbocycles. The number of benzene rings is 2. The van der Waals surface area contributed by atoms with Gasteiger partial charge in [-0.2, -0.15) is 0 Å². The van der Waals surface area contributed by atoms with E-state index in [9.17, 15) is 9.90 Å². The lowest BCUT2D eigenvalue weighted by molar-refractivity contribution is 0.102. The summed E-state index contributed by atoms with van der Waals surface area (Å²) in [4.78, 5) is 12.4. The van der Waals surface area contributed by atoms with Crippen LogP contribution in [0, 0.1) is 0 Å². The second kappa shape index (κ2) is 6.74. The number of carbonyl (C=O) groups excluding carboxylic acids is 1. The normalized spacial score (nSPS) is 11.8. The molecule has 0 fully saturated rings. The van der Waals surface area contributed by atoms with Crippen molar-refractivity contribution in [2.75, 3.05) is 12.4 Å². The Morgan fingerprint density at radius 3 is 2.71 bits per heavy atom. The number of methoxy groups -OCH3 is 1. The van der Waals surface area contributed by atoms with E-state index in [2.05, 4.69) is 21.2 Å². The van der Waals surface area contributed by atoms with Gasteiger partial charge in [0, 0.05) is 10.2 Å². The Kier molecular flexibility index (Phi) is 4.98. The summed E-state index contributed by atoms with van der Waals surface area (Å²) in [5.74, 6) is 0.235. The third-order valence-electron chi connectivity index (χ3n) is 3.03. The molecule has 0 aliphatic heterocycles. The molecule has 5 heteroatoms. The first-order chi connectivity index (χ1) is 10.0. The highest BCUT2D eigenvalue weighted by molar-refractivity contribution is 9.10. The van der Waals surface area contributed by atoms with Gasteiger partial charge < -0.3 is 15.2 Å². The van der Waals surface area contributed by atoms with E-state index in [1.54, 1.807) is 43.3 Å². The van der Waals surface area contributed by atoms with E-state index in [-0.39, 0.29) is 5.91 Å². The molecular formula is C16H16BrNO3. The summed E-state index contributed by atoms with van der Waals surface area (Å²) in [6, 6.07) is 12.3. The zero-order valence-corrected chi connectivity index (χ0v) is 13.3. The smallest absolute Gasteiger partial charge is 0.259 e. The maximum Gasteiger partial charge on any atom is 0.259 e. The third-order valence-corrected chi connectivity index (χ3v) is 3.53. The van der Waals surface area contributed by atoms with Crippen LogP contribution in [-0.4, -0.2) is 18.1 Å². The molecule has 2 aromatic carbocycles. The number of amides is 1. The maximum absolute atomic E-state index is 12.4. The van der Waals surface area contributed by atoms with Crippen LogP contribution in [0.1, 0.15) is 28.9 Å². The van der Waals surface area contributed by atoms with Gasteiger partial charge >= 0.3 is 0 Å². The highest BCUT2D eigenvalue weighted by atomic mass is 79.9. The van der Waals surface area contributed by atoms with Gasteiger partial charge in [0.25, 0.3) is 5.91 Å². The second-order valence-corrected chi connectivity index (χ2v) is 5.52. The number of anilines is 1. The molecule has 0 bridgehead atoms. The average Bonchev–Trinajstić information content (AvgIpc) is 2.47. The molecule has 0 aromatic heterocycles. The molecule has 2 rings (SSSR count). The van der Waals surface area contributed by atoms with Gasteiger partial charge in [-0.25, -0.2) is 0 Å². The fourth-order valence-electron chi connectivity index (χ4n) is 1.93. The zero-order chi connectivity index (χ0) is 15.4. The number of aliphatic hydroxyl groups excluding tert-OH is 1. The number of rotatable bonds is 4. The summed E-state index contributed by atoms with van der Waals surface area (Å²) in [5, 5.41) is 12.4. The summed E-state index contributed by atoms with van der Waals surface area (Å²) < 4.78 is 6.00. The van der Waals surface area contributed by atoms with Gasteiger partial charge in [0.05, 0.1) is 18.8 Å². The van der Waals surface area contributed by atoms with Crippen LogP contribution in [0.25, 0.3) is 0 Å². The maximum atomic E-state index is 12.4. The molecule has 2 aromatic rings. The Balaban J connectivity index is 2.26. The van der Waals surface area contributed by atoms with E-state index in [0.29, 0.717) is 17.0 Å². The summed E-state index contributed by atoms with van der Waals surface area (Å²) in [5.41, 5.74) is 1.81. The van der Waals surface area contributed by atoms with Gasteiger partial charge in [-0.1, -0.05) is 28.1 Å². The molecule has 0 radical (unpaired) electrons. The number of halogens is 1. The van der Waals surface area contributed by atoms with Crippen molar-refractivity contribution in [2.24, 2.45) is 0 Å². The molecule has 1 atom stereocenters. The fraction of sp³-hybridized carbons (Fsp3) is 0.188. The Morgan fingerprint density at radius 2 is 2.05 bits per heavy atom. The SMILES string of the molecule is COc1ccc(Br)cc1C(=O)Nc1cccc([C@@H](C)O)c1. The van der Waals surface area contributed by atoms with Crippen LogP contribution in [0.4, 0.5) is 5.69 Å². The Hall–Kier alpha value is -1.85.